The van der Waals surface area contributed by atoms with E-state index < -0.39 is 10.0 Å². The Labute approximate surface area is 166 Å². The summed E-state index contributed by atoms with van der Waals surface area (Å²) in [6, 6.07) is 15.5. The lowest BCUT2D eigenvalue weighted by atomic mass is 10.1. The average Bonchev–Trinajstić information content (AvgIpc) is 3.03. The molecule has 0 saturated carbocycles. The molecule has 0 aromatic heterocycles. The standard InChI is InChI=1S/C21H25N3O3S/c1-16-14-18-15-17(8-9-20(18)24(16)28(2,26)27)21(25)23-12-10-22(11-13-23)19-6-4-3-5-7-19/h3-9,15-16H,10-14H2,1-2H3/t16-/m1/s1. The molecule has 1 fully saturated rings. The van der Waals surface area contributed by atoms with Gasteiger partial charge in [-0.15, -0.1) is 0 Å². The number of fused-ring (bicyclic) bond motifs is 1. The summed E-state index contributed by atoms with van der Waals surface area (Å²) in [7, 11) is -3.32. The van der Waals surface area contributed by atoms with Crippen LogP contribution in [0.25, 0.3) is 0 Å². The smallest absolute Gasteiger partial charge is 0.253 e. The minimum absolute atomic E-state index is 0.0148. The number of carbonyl (C=O) groups excluding carboxylic acids is 1. The van der Waals surface area contributed by atoms with E-state index in [1.54, 1.807) is 12.1 Å². The first-order chi connectivity index (χ1) is 13.3. The minimum atomic E-state index is -3.32. The van der Waals surface area contributed by atoms with Gasteiger partial charge in [0, 0.05) is 43.5 Å². The molecular formula is C21H25N3O3S. The fourth-order valence-corrected chi connectivity index (χ4v) is 5.49. The molecule has 4 rings (SSSR count). The molecule has 1 atom stereocenters. The Bertz CT molecular complexity index is 983. The zero-order valence-electron chi connectivity index (χ0n) is 16.2. The van der Waals surface area contributed by atoms with Crippen LogP contribution in [-0.2, 0) is 16.4 Å². The number of rotatable bonds is 3. The fourth-order valence-electron chi connectivity index (χ4n) is 4.23. The lowest BCUT2D eigenvalue weighted by molar-refractivity contribution is 0.0746. The van der Waals surface area contributed by atoms with Crippen LogP contribution in [0.15, 0.2) is 48.5 Å². The van der Waals surface area contributed by atoms with Crippen molar-refractivity contribution in [1.82, 2.24) is 4.90 Å². The SMILES string of the molecule is C[C@@H]1Cc2cc(C(=O)N3CCN(c4ccccc4)CC3)ccc2N1S(C)(=O)=O. The van der Waals surface area contributed by atoms with Crippen LogP contribution >= 0.6 is 0 Å². The van der Waals surface area contributed by atoms with Gasteiger partial charge in [-0.2, -0.15) is 0 Å². The highest BCUT2D eigenvalue weighted by Gasteiger charge is 2.33. The van der Waals surface area contributed by atoms with Crippen LogP contribution in [0.5, 0.6) is 0 Å². The molecule has 0 unspecified atom stereocenters. The summed E-state index contributed by atoms with van der Waals surface area (Å²) in [6.07, 6.45) is 1.86. The third-order valence-electron chi connectivity index (χ3n) is 5.53. The molecule has 2 heterocycles. The monoisotopic (exact) mass is 399 g/mol. The van der Waals surface area contributed by atoms with Crippen LogP contribution in [0, 0.1) is 0 Å². The summed E-state index contributed by atoms with van der Waals surface area (Å²) in [5, 5.41) is 0. The van der Waals surface area contributed by atoms with E-state index in [-0.39, 0.29) is 11.9 Å². The van der Waals surface area contributed by atoms with Crippen molar-refractivity contribution in [3.8, 4) is 0 Å². The van der Waals surface area contributed by atoms with E-state index >= 15 is 0 Å². The topological polar surface area (TPSA) is 60.9 Å². The number of benzene rings is 2. The van der Waals surface area contributed by atoms with Crippen molar-refractivity contribution in [1.29, 1.82) is 0 Å². The summed E-state index contributed by atoms with van der Waals surface area (Å²) >= 11 is 0. The molecule has 2 aliphatic heterocycles. The molecule has 0 radical (unpaired) electrons. The van der Waals surface area contributed by atoms with Crippen LogP contribution in [0.3, 0.4) is 0 Å². The predicted molar refractivity (Wildman–Crippen MR) is 111 cm³/mol. The number of hydrogen-bond acceptors (Lipinski definition) is 4. The van der Waals surface area contributed by atoms with Crippen molar-refractivity contribution in [2.24, 2.45) is 0 Å². The largest absolute Gasteiger partial charge is 0.368 e. The quantitative estimate of drug-likeness (QED) is 0.795. The van der Waals surface area contributed by atoms with Crippen LogP contribution in [0.1, 0.15) is 22.8 Å². The van der Waals surface area contributed by atoms with Gasteiger partial charge >= 0.3 is 0 Å². The molecule has 0 bridgehead atoms. The fraction of sp³-hybridized carbons (Fsp3) is 0.381. The van der Waals surface area contributed by atoms with Gasteiger partial charge in [-0.05, 0) is 49.2 Å². The van der Waals surface area contributed by atoms with Gasteiger partial charge < -0.3 is 9.80 Å². The highest BCUT2D eigenvalue weighted by molar-refractivity contribution is 7.92. The number of piperazine rings is 1. The maximum atomic E-state index is 13.0. The van der Waals surface area contributed by atoms with E-state index in [2.05, 4.69) is 17.0 Å². The number of nitrogens with zero attached hydrogens (tertiary/aromatic N) is 3. The first-order valence-electron chi connectivity index (χ1n) is 9.56. The molecule has 0 N–H and O–H groups in total. The van der Waals surface area contributed by atoms with Crippen molar-refractivity contribution in [2.45, 2.75) is 19.4 Å². The van der Waals surface area contributed by atoms with Crippen LogP contribution < -0.4 is 9.21 Å². The van der Waals surface area contributed by atoms with Crippen molar-refractivity contribution in [3.63, 3.8) is 0 Å². The number of hydrogen-bond donors (Lipinski definition) is 0. The second-order valence-electron chi connectivity index (χ2n) is 7.57. The van der Waals surface area contributed by atoms with E-state index in [9.17, 15) is 13.2 Å². The molecular weight excluding hydrogens is 374 g/mol. The second-order valence-corrected chi connectivity index (χ2v) is 9.43. The predicted octanol–water partition coefficient (Wildman–Crippen LogP) is 2.36. The zero-order valence-corrected chi connectivity index (χ0v) is 17.0. The van der Waals surface area contributed by atoms with Gasteiger partial charge in [0.1, 0.15) is 0 Å². The maximum absolute atomic E-state index is 13.0. The lowest BCUT2D eigenvalue weighted by Crippen LogP contribution is -2.48. The highest BCUT2D eigenvalue weighted by Crippen LogP contribution is 2.35. The average molecular weight is 400 g/mol. The Kier molecular flexibility index (Phi) is 4.79. The minimum Gasteiger partial charge on any atom is -0.368 e. The lowest BCUT2D eigenvalue weighted by Gasteiger charge is -2.36. The molecule has 148 valence electrons. The van der Waals surface area contributed by atoms with Gasteiger partial charge in [-0.1, -0.05) is 18.2 Å². The third-order valence-corrected chi connectivity index (χ3v) is 6.80. The third kappa shape index (κ3) is 3.46. The summed E-state index contributed by atoms with van der Waals surface area (Å²) < 4.78 is 25.6. The molecule has 1 amide bonds. The molecule has 0 aliphatic carbocycles. The van der Waals surface area contributed by atoms with Gasteiger partial charge in [0.05, 0.1) is 11.9 Å². The van der Waals surface area contributed by atoms with Crippen LogP contribution in [0.4, 0.5) is 11.4 Å². The van der Waals surface area contributed by atoms with E-state index in [1.807, 2.05) is 36.1 Å². The van der Waals surface area contributed by atoms with E-state index in [0.717, 1.165) is 18.7 Å². The Morgan fingerprint density at radius 1 is 1.00 bits per heavy atom. The summed E-state index contributed by atoms with van der Waals surface area (Å²) in [4.78, 5) is 17.2. The molecule has 28 heavy (non-hydrogen) atoms. The number of amides is 1. The van der Waals surface area contributed by atoms with Crippen molar-refractivity contribution in [2.75, 3.05) is 41.6 Å². The van der Waals surface area contributed by atoms with Gasteiger partial charge in [-0.25, -0.2) is 8.42 Å². The van der Waals surface area contributed by atoms with Crippen molar-refractivity contribution >= 4 is 27.3 Å². The Morgan fingerprint density at radius 2 is 1.68 bits per heavy atom. The Morgan fingerprint density at radius 3 is 2.32 bits per heavy atom. The number of carbonyl (C=O) groups is 1. The van der Waals surface area contributed by atoms with Crippen LogP contribution in [-0.4, -0.2) is 57.7 Å². The molecule has 0 spiro atoms. The van der Waals surface area contributed by atoms with Crippen molar-refractivity contribution in [3.05, 3.63) is 59.7 Å². The van der Waals surface area contributed by atoms with E-state index in [0.29, 0.717) is 30.8 Å². The number of para-hydroxylation sites is 1. The number of anilines is 2. The van der Waals surface area contributed by atoms with Crippen molar-refractivity contribution < 1.29 is 13.2 Å². The summed E-state index contributed by atoms with van der Waals surface area (Å²) in [5.41, 5.74) is 3.43. The molecule has 7 heteroatoms. The first-order valence-corrected chi connectivity index (χ1v) is 11.4. The normalized spacial score (nSPS) is 19.6. The molecule has 2 aromatic rings. The second kappa shape index (κ2) is 7.13. The number of sulfonamides is 1. The molecule has 1 saturated heterocycles. The Hall–Kier alpha value is -2.54. The van der Waals surface area contributed by atoms with Gasteiger partial charge in [0.2, 0.25) is 10.0 Å². The maximum Gasteiger partial charge on any atom is 0.253 e. The summed E-state index contributed by atoms with van der Waals surface area (Å²) in [6.45, 7) is 4.86. The highest BCUT2D eigenvalue weighted by atomic mass is 32.2. The van der Waals surface area contributed by atoms with Gasteiger partial charge in [-0.3, -0.25) is 9.10 Å². The van der Waals surface area contributed by atoms with E-state index in [4.69, 9.17) is 0 Å². The van der Waals surface area contributed by atoms with E-state index in [1.165, 1.54) is 16.2 Å². The molecule has 6 nitrogen and oxygen atoms in total. The zero-order chi connectivity index (χ0) is 19.9. The Balaban J connectivity index is 1.48. The first kappa shape index (κ1) is 18.8. The molecule has 2 aromatic carbocycles. The van der Waals surface area contributed by atoms with Crippen LogP contribution in [0.2, 0.25) is 0 Å². The summed E-state index contributed by atoms with van der Waals surface area (Å²) in [5.74, 6) is 0.0148. The van der Waals surface area contributed by atoms with Gasteiger partial charge in [0.25, 0.3) is 5.91 Å². The van der Waals surface area contributed by atoms with Gasteiger partial charge in [0.15, 0.2) is 0 Å². The molecule has 2 aliphatic rings.